The van der Waals surface area contributed by atoms with Crippen molar-refractivity contribution in [3.05, 3.63) is 36.9 Å². The number of nitrogens with one attached hydrogen (secondary N) is 2. The van der Waals surface area contributed by atoms with Gasteiger partial charge in [0.1, 0.15) is 4.90 Å². The van der Waals surface area contributed by atoms with Crippen LogP contribution in [-0.2, 0) is 10.0 Å². The van der Waals surface area contributed by atoms with Crippen LogP contribution in [0.5, 0.6) is 0 Å². The molecule has 0 aliphatic carbocycles. The minimum Gasteiger partial charge on any atom is -0.351 e. The largest absolute Gasteiger partial charge is 0.351 e. The lowest BCUT2D eigenvalue weighted by Gasteiger charge is -2.09. The smallest absolute Gasteiger partial charge is 0.326 e. The van der Waals surface area contributed by atoms with E-state index in [0.717, 1.165) is 0 Å². The first-order valence-electron chi connectivity index (χ1n) is 4.79. The van der Waals surface area contributed by atoms with E-state index in [2.05, 4.69) is 17.1 Å². The molecule has 0 fully saturated rings. The molecule has 8 heteroatoms. The lowest BCUT2D eigenvalue weighted by atomic mass is 10.3. The number of sulfonamides is 1. The van der Waals surface area contributed by atoms with Crippen LogP contribution in [0.15, 0.2) is 46.9 Å². The monoisotopic (exact) mass is 268 g/mol. The molecule has 0 spiro atoms. The van der Waals surface area contributed by atoms with Gasteiger partial charge in [-0.2, -0.15) is 5.10 Å². The van der Waals surface area contributed by atoms with E-state index >= 15 is 0 Å². The van der Waals surface area contributed by atoms with Crippen LogP contribution >= 0.6 is 0 Å². The van der Waals surface area contributed by atoms with Gasteiger partial charge in [0.15, 0.2) is 0 Å². The van der Waals surface area contributed by atoms with Crippen molar-refractivity contribution in [1.29, 1.82) is 0 Å². The van der Waals surface area contributed by atoms with E-state index in [4.69, 9.17) is 5.73 Å². The molecule has 7 nitrogen and oxygen atoms in total. The molecule has 0 heterocycles. The summed E-state index contributed by atoms with van der Waals surface area (Å²) in [7, 11) is -4.01. The molecular formula is C10H12N4O3S. The standard InChI is InChI=1S/C10H12N4O3S/c1-2-7-12-13-8-5-3-4-6-9(8)18(16,17)14-10(11)15/h2-7,13H,1H2,(H3,11,14,15). The molecular weight excluding hydrogens is 256 g/mol. The molecule has 2 amide bonds. The average molecular weight is 268 g/mol. The molecule has 1 aromatic rings. The second-order valence-electron chi connectivity index (χ2n) is 3.09. The van der Waals surface area contributed by atoms with Crippen LogP contribution in [0.2, 0.25) is 0 Å². The predicted octanol–water partition coefficient (Wildman–Crippen LogP) is 0.627. The van der Waals surface area contributed by atoms with Crippen molar-refractivity contribution < 1.29 is 13.2 Å². The van der Waals surface area contributed by atoms with Gasteiger partial charge in [-0.1, -0.05) is 18.7 Å². The Balaban J connectivity index is 3.12. The molecule has 1 rings (SSSR count). The van der Waals surface area contributed by atoms with E-state index in [1.54, 1.807) is 10.8 Å². The van der Waals surface area contributed by atoms with Crippen LogP contribution in [0.25, 0.3) is 0 Å². The number of benzene rings is 1. The highest BCUT2D eigenvalue weighted by molar-refractivity contribution is 7.90. The van der Waals surface area contributed by atoms with Gasteiger partial charge in [-0.15, -0.1) is 0 Å². The molecule has 0 saturated carbocycles. The van der Waals surface area contributed by atoms with Gasteiger partial charge in [-0.05, 0) is 18.2 Å². The Bertz CT molecular complexity index is 581. The lowest BCUT2D eigenvalue weighted by molar-refractivity contribution is 0.253. The maximum Gasteiger partial charge on any atom is 0.326 e. The SMILES string of the molecule is C=CC=NNc1ccccc1S(=O)(=O)NC(N)=O. The first-order valence-corrected chi connectivity index (χ1v) is 6.27. The summed E-state index contributed by atoms with van der Waals surface area (Å²) in [6, 6.07) is 4.79. The molecule has 0 radical (unpaired) electrons. The van der Waals surface area contributed by atoms with Crippen LogP contribution in [0.4, 0.5) is 10.5 Å². The van der Waals surface area contributed by atoms with Crippen LogP contribution in [-0.4, -0.2) is 20.7 Å². The molecule has 1 aromatic carbocycles. The molecule has 0 aliphatic heterocycles. The van der Waals surface area contributed by atoms with Gasteiger partial charge in [0.2, 0.25) is 0 Å². The lowest BCUT2D eigenvalue weighted by Crippen LogP contribution is -2.35. The predicted molar refractivity (Wildman–Crippen MR) is 68.7 cm³/mol. The average Bonchev–Trinajstić information content (AvgIpc) is 2.28. The molecule has 4 N–H and O–H groups in total. The number of nitrogens with zero attached hydrogens (tertiary/aromatic N) is 1. The van der Waals surface area contributed by atoms with Crippen LogP contribution in [0.3, 0.4) is 0 Å². The van der Waals surface area contributed by atoms with E-state index in [0.29, 0.717) is 0 Å². The first kappa shape index (κ1) is 13.7. The first-order chi connectivity index (χ1) is 8.47. The fourth-order valence-electron chi connectivity index (χ4n) is 1.14. The number of nitrogens with two attached hydrogens (primary N) is 1. The number of urea groups is 1. The summed E-state index contributed by atoms with van der Waals surface area (Å²) in [6.07, 6.45) is 2.77. The van der Waals surface area contributed by atoms with Gasteiger partial charge >= 0.3 is 6.03 Å². The minimum atomic E-state index is -4.01. The van der Waals surface area contributed by atoms with Gasteiger partial charge in [0, 0.05) is 6.21 Å². The van der Waals surface area contributed by atoms with Gasteiger partial charge in [0.25, 0.3) is 10.0 Å². The summed E-state index contributed by atoms with van der Waals surface area (Å²) in [5.74, 6) is 0. The van der Waals surface area contributed by atoms with Gasteiger partial charge < -0.3 is 5.73 Å². The van der Waals surface area contributed by atoms with Crippen molar-refractivity contribution in [1.82, 2.24) is 4.72 Å². The quantitative estimate of drug-likeness (QED) is 0.536. The van der Waals surface area contributed by atoms with Crippen LogP contribution in [0.1, 0.15) is 0 Å². The highest BCUT2D eigenvalue weighted by Gasteiger charge is 2.19. The van der Waals surface area contributed by atoms with Crippen molar-refractivity contribution in [2.24, 2.45) is 10.8 Å². The normalized spacial score (nSPS) is 11.1. The number of allylic oxidation sites excluding steroid dienone is 1. The zero-order valence-corrected chi connectivity index (χ0v) is 10.1. The van der Waals surface area contributed by atoms with Gasteiger partial charge in [0.05, 0.1) is 5.69 Å². The summed E-state index contributed by atoms with van der Waals surface area (Å²) in [6.45, 7) is 3.42. The highest BCUT2D eigenvalue weighted by Crippen LogP contribution is 2.20. The minimum absolute atomic E-state index is 0.134. The Morgan fingerprint density at radius 1 is 1.39 bits per heavy atom. The third kappa shape index (κ3) is 3.59. The Morgan fingerprint density at radius 3 is 2.67 bits per heavy atom. The Hall–Kier alpha value is -2.35. The molecule has 0 bridgehead atoms. The van der Waals surface area contributed by atoms with E-state index in [1.807, 2.05) is 0 Å². The van der Waals surface area contributed by atoms with E-state index < -0.39 is 16.1 Å². The Morgan fingerprint density at radius 2 is 2.06 bits per heavy atom. The number of primary amides is 1. The number of carbonyl (C=O) groups is 1. The molecule has 0 saturated heterocycles. The number of anilines is 1. The van der Waals surface area contributed by atoms with Gasteiger partial charge in [-0.25, -0.2) is 17.9 Å². The Labute approximate surface area is 104 Å². The third-order valence-electron chi connectivity index (χ3n) is 1.78. The maximum atomic E-state index is 11.8. The van der Waals surface area contributed by atoms with E-state index in [9.17, 15) is 13.2 Å². The molecule has 0 unspecified atom stereocenters. The summed E-state index contributed by atoms with van der Waals surface area (Å²) >= 11 is 0. The molecule has 0 atom stereocenters. The topological polar surface area (TPSA) is 114 Å². The summed E-state index contributed by atoms with van der Waals surface area (Å²) in [4.78, 5) is 10.5. The van der Waals surface area contributed by atoms with E-state index in [1.165, 1.54) is 30.5 Å². The zero-order chi connectivity index (χ0) is 13.6. The van der Waals surface area contributed by atoms with Crippen molar-refractivity contribution in [2.45, 2.75) is 4.90 Å². The summed E-state index contributed by atoms with van der Waals surface area (Å²) in [5.41, 5.74) is 7.53. The summed E-state index contributed by atoms with van der Waals surface area (Å²) in [5, 5.41) is 3.71. The van der Waals surface area contributed by atoms with Crippen molar-refractivity contribution >= 4 is 28.0 Å². The fourth-order valence-corrected chi connectivity index (χ4v) is 2.18. The molecule has 18 heavy (non-hydrogen) atoms. The second-order valence-corrected chi connectivity index (χ2v) is 4.74. The number of carbonyl (C=O) groups excluding carboxylic acids is 1. The third-order valence-corrected chi connectivity index (χ3v) is 3.18. The number of amides is 2. The highest BCUT2D eigenvalue weighted by atomic mass is 32.2. The number of hydrazone groups is 1. The number of hydrogen-bond donors (Lipinski definition) is 3. The zero-order valence-electron chi connectivity index (χ0n) is 9.33. The maximum absolute atomic E-state index is 11.8. The van der Waals surface area contributed by atoms with Crippen LogP contribution in [0, 0.1) is 0 Å². The Kier molecular flexibility index (Phi) is 4.44. The molecule has 0 aliphatic rings. The summed E-state index contributed by atoms with van der Waals surface area (Å²) < 4.78 is 25.2. The van der Waals surface area contributed by atoms with Crippen LogP contribution < -0.4 is 15.9 Å². The van der Waals surface area contributed by atoms with Crippen molar-refractivity contribution in [3.8, 4) is 0 Å². The van der Waals surface area contributed by atoms with Crippen molar-refractivity contribution in [2.75, 3.05) is 5.43 Å². The van der Waals surface area contributed by atoms with Crippen molar-refractivity contribution in [3.63, 3.8) is 0 Å². The molecule has 96 valence electrons. The number of hydrogen-bond acceptors (Lipinski definition) is 5. The number of para-hydroxylation sites is 1. The molecule has 0 aromatic heterocycles. The number of rotatable bonds is 5. The van der Waals surface area contributed by atoms with E-state index in [-0.39, 0.29) is 10.6 Å². The van der Waals surface area contributed by atoms with Gasteiger partial charge in [-0.3, -0.25) is 5.43 Å². The second kappa shape index (κ2) is 5.82. The fraction of sp³-hybridized carbons (Fsp3) is 0.